The summed E-state index contributed by atoms with van der Waals surface area (Å²) in [7, 11) is 0. The molecule has 0 radical (unpaired) electrons. The molecule has 1 fully saturated rings. The molecule has 0 aliphatic heterocycles. The van der Waals surface area contributed by atoms with Crippen LogP contribution in [0.3, 0.4) is 0 Å². The average molecular weight is 333 g/mol. The maximum absolute atomic E-state index is 5.77. The number of rotatable bonds is 6. The van der Waals surface area contributed by atoms with Crippen LogP contribution in [0.15, 0.2) is 46.9 Å². The van der Waals surface area contributed by atoms with Gasteiger partial charge in [-0.1, -0.05) is 40.2 Å². The maximum atomic E-state index is 5.77. The van der Waals surface area contributed by atoms with Crippen LogP contribution in [0, 0.1) is 0 Å². The molecule has 0 atom stereocenters. The van der Waals surface area contributed by atoms with Crippen LogP contribution < -0.4 is 10.1 Å². The molecule has 104 valence electrons. The number of hydrogen-bond donors (Lipinski definition) is 1. The van der Waals surface area contributed by atoms with Gasteiger partial charge in [0.15, 0.2) is 0 Å². The number of nitrogens with zero attached hydrogens (tertiary/aromatic N) is 1. The van der Waals surface area contributed by atoms with E-state index in [-0.39, 0.29) is 0 Å². The molecule has 3 rings (SSSR count). The molecule has 1 aliphatic rings. The van der Waals surface area contributed by atoms with Crippen molar-refractivity contribution in [2.24, 2.45) is 0 Å². The highest BCUT2D eigenvalue weighted by atomic mass is 79.9. The Morgan fingerprint density at radius 2 is 2.00 bits per heavy atom. The van der Waals surface area contributed by atoms with Crippen molar-refractivity contribution in [1.82, 2.24) is 10.3 Å². The SMILES string of the molecule is Brc1ccccc1COc1cccc(CNC2CC2)n1. The number of pyridine rings is 1. The lowest BCUT2D eigenvalue weighted by atomic mass is 10.2. The summed E-state index contributed by atoms with van der Waals surface area (Å²) in [5, 5.41) is 3.46. The zero-order chi connectivity index (χ0) is 13.8. The van der Waals surface area contributed by atoms with Gasteiger partial charge in [0.2, 0.25) is 5.88 Å². The van der Waals surface area contributed by atoms with Crippen molar-refractivity contribution >= 4 is 15.9 Å². The van der Waals surface area contributed by atoms with Gasteiger partial charge in [0.05, 0.1) is 5.69 Å². The first-order valence-corrected chi connectivity index (χ1v) is 7.66. The number of ether oxygens (including phenoxy) is 1. The topological polar surface area (TPSA) is 34.1 Å². The highest BCUT2D eigenvalue weighted by Gasteiger charge is 2.20. The lowest BCUT2D eigenvalue weighted by Crippen LogP contribution is -2.16. The highest BCUT2D eigenvalue weighted by Crippen LogP contribution is 2.20. The second-order valence-electron chi connectivity index (χ2n) is 5.00. The Morgan fingerprint density at radius 3 is 2.80 bits per heavy atom. The smallest absolute Gasteiger partial charge is 0.213 e. The molecule has 0 amide bonds. The summed E-state index contributed by atoms with van der Waals surface area (Å²) in [5.41, 5.74) is 2.15. The van der Waals surface area contributed by atoms with Gasteiger partial charge < -0.3 is 10.1 Å². The van der Waals surface area contributed by atoms with Gasteiger partial charge in [-0.3, -0.25) is 0 Å². The fourth-order valence-corrected chi connectivity index (χ4v) is 2.34. The standard InChI is InChI=1S/C16H17BrN2O/c17-15-6-2-1-4-12(15)11-20-16-7-3-5-14(19-16)10-18-13-8-9-13/h1-7,13,18H,8-11H2. The van der Waals surface area contributed by atoms with Gasteiger partial charge in [0.25, 0.3) is 0 Å². The monoisotopic (exact) mass is 332 g/mol. The van der Waals surface area contributed by atoms with Crippen LogP contribution in [0.4, 0.5) is 0 Å². The van der Waals surface area contributed by atoms with Gasteiger partial charge in [0.1, 0.15) is 6.61 Å². The van der Waals surface area contributed by atoms with E-state index in [0.29, 0.717) is 18.5 Å². The van der Waals surface area contributed by atoms with E-state index < -0.39 is 0 Å². The molecular weight excluding hydrogens is 316 g/mol. The van der Waals surface area contributed by atoms with Crippen molar-refractivity contribution in [3.05, 3.63) is 58.2 Å². The first-order chi connectivity index (χ1) is 9.81. The molecule has 1 heterocycles. The number of benzene rings is 1. The molecule has 4 heteroatoms. The van der Waals surface area contributed by atoms with Gasteiger partial charge in [-0.05, 0) is 25.0 Å². The number of hydrogen-bond acceptors (Lipinski definition) is 3. The van der Waals surface area contributed by atoms with E-state index in [1.807, 2.05) is 42.5 Å². The van der Waals surface area contributed by atoms with Crippen LogP contribution in [-0.2, 0) is 13.2 Å². The third kappa shape index (κ3) is 3.81. The van der Waals surface area contributed by atoms with Gasteiger partial charge in [-0.2, -0.15) is 0 Å². The third-order valence-electron chi connectivity index (χ3n) is 3.26. The van der Waals surface area contributed by atoms with Crippen molar-refractivity contribution in [1.29, 1.82) is 0 Å². The fraction of sp³-hybridized carbons (Fsp3) is 0.312. The molecule has 1 N–H and O–H groups in total. The molecular formula is C16H17BrN2O. The summed E-state index contributed by atoms with van der Waals surface area (Å²) < 4.78 is 6.83. The van der Waals surface area contributed by atoms with E-state index in [1.165, 1.54) is 12.8 Å². The molecule has 0 unspecified atom stereocenters. The van der Waals surface area contributed by atoms with E-state index in [9.17, 15) is 0 Å². The third-order valence-corrected chi connectivity index (χ3v) is 4.04. The molecule has 1 saturated carbocycles. The molecule has 3 nitrogen and oxygen atoms in total. The Balaban J connectivity index is 1.59. The Morgan fingerprint density at radius 1 is 1.15 bits per heavy atom. The maximum Gasteiger partial charge on any atom is 0.213 e. The summed E-state index contributed by atoms with van der Waals surface area (Å²) in [6, 6.07) is 14.7. The highest BCUT2D eigenvalue weighted by molar-refractivity contribution is 9.10. The minimum absolute atomic E-state index is 0.522. The van der Waals surface area contributed by atoms with Crippen molar-refractivity contribution in [2.75, 3.05) is 0 Å². The summed E-state index contributed by atoms with van der Waals surface area (Å²) in [6.07, 6.45) is 2.58. The zero-order valence-corrected chi connectivity index (χ0v) is 12.8. The first-order valence-electron chi connectivity index (χ1n) is 6.87. The Kier molecular flexibility index (Phi) is 4.33. The van der Waals surface area contributed by atoms with Crippen molar-refractivity contribution in [3.63, 3.8) is 0 Å². The van der Waals surface area contributed by atoms with E-state index in [4.69, 9.17) is 4.74 Å². The molecule has 0 spiro atoms. The molecule has 0 saturated heterocycles. The summed E-state index contributed by atoms with van der Waals surface area (Å²) in [4.78, 5) is 4.52. The van der Waals surface area contributed by atoms with E-state index in [2.05, 4.69) is 26.2 Å². The molecule has 0 bridgehead atoms. The van der Waals surface area contributed by atoms with Crippen LogP contribution in [0.1, 0.15) is 24.1 Å². The van der Waals surface area contributed by atoms with E-state index in [1.54, 1.807) is 0 Å². The quantitative estimate of drug-likeness (QED) is 0.876. The molecule has 1 aromatic carbocycles. The fourth-order valence-electron chi connectivity index (χ4n) is 1.94. The van der Waals surface area contributed by atoms with Crippen LogP contribution in [0.2, 0.25) is 0 Å². The Bertz CT molecular complexity index is 584. The average Bonchev–Trinajstić information content (AvgIpc) is 3.29. The predicted octanol–water partition coefficient (Wildman–Crippen LogP) is 3.68. The van der Waals surface area contributed by atoms with Crippen molar-refractivity contribution in [3.8, 4) is 5.88 Å². The second-order valence-corrected chi connectivity index (χ2v) is 5.86. The minimum atomic E-state index is 0.522. The largest absolute Gasteiger partial charge is 0.473 e. The molecule has 1 aromatic heterocycles. The van der Waals surface area contributed by atoms with Crippen molar-refractivity contribution in [2.45, 2.75) is 32.0 Å². The van der Waals surface area contributed by atoms with Gasteiger partial charge >= 0.3 is 0 Å². The summed E-state index contributed by atoms with van der Waals surface area (Å²) in [6.45, 7) is 1.34. The summed E-state index contributed by atoms with van der Waals surface area (Å²) >= 11 is 3.52. The molecule has 2 aromatic rings. The number of aromatic nitrogens is 1. The van der Waals surface area contributed by atoms with Crippen LogP contribution in [0.25, 0.3) is 0 Å². The number of nitrogens with one attached hydrogen (secondary N) is 1. The lowest BCUT2D eigenvalue weighted by molar-refractivity contribution is 0.292. The second kappa shape index (κ2) is 6.37. The summed E-state index contributed by atoms with van der Waals surface area (Å²) in [5.74, 6) is 0.677. The Labute approximate surface area is 127 Å². The zero-order valence-electron chi connectivity index (χ0n) is 11.2. The van der Waals surface area contributed by atoms with Gasteiger partial charge in [-0.25, -0.2) is 4.98 Å². The first kappa shape index (κ1) is 13.6. The minimum Gasteiger partial charge on any atom is -0.473 e. The number of halogens is 1. The molecule has 20 heavy (non-hydrogen) atoms. The molecule has 1 aliphatic carbocycles. The van der Waals surface area contributed by atoms with E-state index >= 15 is 0 Å². The van der Waals surface area contributed by atoms with Crippen LogP contribution in [0.5, 0.6) is 5.88 Å². The predicted molar refractivity (Wildman–Crippen MR) is 82.6 cm³/mol. The van der Waals surface area contributed by atoms with Crippen molar-refractivity contribution < 1.29 is 4.74 Å². The van der Waals surface area contributed by atoms with Crippen LogP contribution >= 0.6 is 15.9 Å². The lowest BCUT2D eigenvalue weighted by Gasteiger charge is -2.08. The van der Waals surface area contributed by atoms with Gasteiger partial charge in [-0.15, -0.1) is 0 Å². The van der Waals surface area contributed by atoms with Gasteiger partial charge in [0, 0.05) is 28.7 Å². The Hall–Kier alpha value is -1.39. The van der Waals surface area contributed by atoms with E-state index in [0.717, 1.165) is 22.3 Å². The van der Waals surface area contributed by atoms with Crippen LogP contribution in [-0.4, -0.2) is 11.0 Å². The normalized spacial score (nSPS) is 14.2.